The van der Waals surface area contributed by atoms with E-state index in [-0.39, 0.29) is 0 Å². The molecule has 0 aliphatic carbocycles. The zero-order valence-electron chi connectivity index (χ0n) is 13.1. The van der Waals surface area contributed by atoms with Gasteiger partial charge in [0.2, 0.25) is 0 Å². The number of nitrogen functional groups attached to an aromatic ring is 1. The van der Waals surface area contributed by atoms with Crippen LogP contribution in [0.4, 0.5) is 5.82 Å². The largest absolute Gasteiger partial charge is 0.387 e. The lowest BCUT2D eigenvalue weighted by molar-refractivity contribution is -0.0629. The van der Waals surface area contributed by atoms with Gasteiger partial charge in [-0.05, 0) is 6.92 Å². The first kappa shape index (κ1) is 16.4. The molecule has 9 heteroatoms. The number of rotatable bonds is 5. The van der Waals surface area contributed by atoms with Crippen molar-refractivity contribution in [3.8, 4) is 0 Å². The number of anilines is 1. The Hall–Kier alpha value is -1.42. The molecule has 1 saturated heterocycles. The molecular weight excluding hydrogens is 318 g/mol. The maximum atomic E-state index is 10.4. The summed E-state index contributed by atoms with van der Waals surface area (Å²) in [5.41, 5.74) is 7.02. The van der Waals surface area contributed by atoms with Crippen molar-refractivity contribution in [1.29, 1.82) is 0 Å². The maximum absolute atomic E-state index is 10.4. The van der Waals surface area contributed by atoms with Crippen molar-refractivity contribution in [3.05, 3.63) is 12.2 Å². The van der Waals surface area contributed by atoms with E-state index in [0.717, 1.165) is 5.82 Å². The Balaban J connectivity index is 2.12. The standard InChI is InChI=1S/C14H21N5O3S/c1-3-8-18-9-12(15)16-6-17-13(9)19(8)14-11(21-4-2)10(20)7(5-23)22-14/h6-7,10-11,14,20,23H,3-5H2,1-2H3,(H2,15,16,17)/t7-,10-,11-,14-/m1/s1. The summed E-state index contributed by atoms with van der Waals surface area (Å²) in [6.45, 7) is 4.33. The van der Waals surface area contributed by atoms with Gasteiger partial charge in [-0.3, -0.25) is 4.57 Å². The number of aryl methyl sites for hydroxylation is 1. The fourth-order valence-electron chi connectivity index (χ4n) is 2.94. The van der Waals surface area contributed by atoms with Crippen LogP contribution >= 0.6 is 12.6 Å². The second-order valence-electron chi connectivity index (χ2n) is 5.34. The monoisotopic (exact) mass is 339 g/mol. The predicted molar refractivity (Wildman–Crippen MR) is 88.3 cm³/mol. The Morgan fingerprint density at radius 1 is 1.43 bits per heavy atom. The average Bonchev–Trinajstić information content (AvgIpc) is 3.07. The number of nitrogens with zero attached hydrogens (tertiary/aromatic N) is 4. The molecule has 0 radical (unpaired) electrons. The fraction of sp³-hybridized carbons (Fsp3) is 0.643. The van der Waals surface area contributed by atoms with Crippen molar-refractivity contribution in [3.63, 3.8) is 0 Å². The number of nitrogens with two attached hydrogens (primary N) is 1. The smallest absolute Gasteiger partial charge is 0.167 e. The molecule has 0 unspecified atom stereocenters. The van der Waals surface area contributed by atoms with E-state index in [2.05, 4.69) is 27.6 Å². The third-order valence-corrected chi connectivity index (χ3v) is 4.36. The van der Waals surface area contributed by atoms with Crippen molar-refractivity contribution >= 4 is 29.6 Å². The molecular formula is C14H21N5O3S. The van der Waals surface area contributed by atoms with Gasteiger partial charge in [0.15, 0.2) is 23.2 Å². The van der Waals surface area contributed by atoms with E-state index in [1.807, 2.05) is 18.4 Å². The van der Waals surface area contributed by atoms with Crippen molar-refractivity contribution in [1.82, 2.24) is 19.5 Å². The highest BCUT2D eigenvalue weighted by Gasteiger charge is 2.46. The topological polar surface area (TPSA) is 108 Å². The van der Waals surface area contributed by atoms with Gasteiger partial charge in [-0.15, -0.1) is 0 Å². The molecule has 1 aliphatic heterocycles. The Kier molecular flexibility index (Phi) is 4.72. The van der Waals surface area contributed by atoms with E-state index >= 15 is 0 Å². The lowest BCUT2D eigenvalue weighted by atomic mass is 10.1. The van der Waals surface area contributed by atoms with Crippen LogP contribution in [0.3, 0.4) is 0 Å². The zero-order chi connectivity index (χ0) is 16.6. The van der Waals surface area contributed by atoms with Gasteiger partial charge in [0.05, 0.1) is 6.10 Å². The molecule has 0 amide bonds. The van der Waals surface area contributed by atoms with Crippen molar-refractivity contribution in [2.24, 2.45) is 0 Å². The van der Waals surface area contributed by atoms with Crippen LogP contribution in [0, 0.1) is 0 Å². The molecule has 0 bridgehead atoms. The van der Waals surface area contributed by atoms with Gasteiger partial charge in [-0.1, -0.05) is 6.92 Å². The highest BCUT2D eigenvalue weighted by Crippen LogP contribution is 2.35. The lowest BCUT2D eigenvalue weighted by Gasteiger charge is -2.22. The molecule has 0 aromatic carbocycles. The van der Waals surface area contributed by atoms with Gasteiger partial charge in [-0.2, -0.15) is 12.6 Å². The first-order chi connectivity index (χ1) is 11.1. The van der Waals surface area contributed by atoms with Gasteiger partial charge in [0, 0.05) is 18.8 Å². The van der Waals surface area contributed by atoms with Crippen molar-refractivity contribution in [2.75, 3.05) is 18.1 Å². The Bertz CT molecular complexity index is 694. The minimum atomic E-state index is -0.765. The van der Waals surface area contributed by atoms with Crippen LogP contribution in [0.5, 0.6) is 0 Å². The summed E-state index contributed by atoms with van der Waals surface area (Å²) >= 11 is 4.25. The van der Waals surface area contributed by atoms with Crippen LogP contribution in [-0.4, -0.2) is 55.3 Å². The number of thiol groups is 1. The first-order valence-corrected chi connectivity index (χ1v) is 8.28. The molecule has 8 nitrogen and oxygen atoms in total. The lowest BCUT2D eigenvalue weighted by Crippen LogP contribution is -2.35. The molecule has 4 atom stereocenters. The SMILES string of the molecule is CCO[C@@H]1[C@H](O)[C@@H](CS)O[C@H]1n1c(CC)nc2c(N)ncnc21. The molecule has 2 aromatic heterocycles. The van der Waals surface area contributed by atoms with Gasteiger partial charge in [0.25, 0.3) is 0 Å². The van der Waals surface area contributed by atoms with E-state index in [1.54, 1.807) is 0 Å². The maximum Gasteiger partial charge on any atom is 0.167 e. The van der Waals surface area contributed by atoms with Gasteiger partial charge in [0.1, 0.15) is 24.4 Å². The van der Waals surface area contributed by atoms with Gasteiger partial charge >= 0.3 is 0 Å². The normalized spacial score (nSPS) is 27.8. The number of aliphatic hydroxyl groups is 1. The molecule has 0 spiro atoms. The average molecular weight is 339 g/mol. The summed E-state index contributed by atoms with van der Waals surface area (Å²) in [6, 6.07) is 0. The van der Waals surface area contributed by atoms with E-state index in [1.165, 1.54) is 6.33 Å². The highest BCUT2D eigenvalue weighted by atomic mass is 32.1. The molecule has 1 aliphatic rings. The minimum absolute atomic E-state index is 0.320. The van der Waals surface area contributed by atoms with E-state index in [9.17, 15) is 5.11 Å². The number of aliphatic hydroxyl groups excluding tert-OH is 1. The number of hydrogen-bond acceptors (Lipinski definition) is 8. The minimum Gasteiger partial charge on any atom is -0.387 e. The summed E-state index contributed by atoms with van der Waals surface area (Å²) < 4.78 is 13.6. The van der Waals surface area contributed by atoms with Gasteiger partial charge < -0.3 is 20.3 Å². The third kappa shape index (κ3) is 2.67. The molecule has 0 saturated carbocycles. The predicted octanol–water partition coefficient (Wildman–Crippen LogP) is 0.564. The summed E-state index contributed by atoms with van der Waals surface area (Å²) in [4.78, 5) is 12.8. The van der Waals surface area contributed by atoms with Crippen LogP contribution in [0.15, 0.2) is 6.33 Å². The third-order valence-electron chi connectivity index (χ3n) is 4.00. The Labute approximate surface area is 139 Å². The van der Waals surface area contributed by atoms with Crippen molar-refractivity contribution in [2.45, 2.75) is 44.8 Å². The first-order valence-electron chi connectivity index (χ1n) is 7.65. The number of hydrogen-bond donors (Lipinski definition) is 3. The van der Waals surface area contributed by atoms with E-state index in [0.29, 0.717) is 35.8 Å². The summed E-state index contributed by atoms with van der Waals surface area (Å²) in [7, 11) is 0. The van der Waals surface area contributed by atoms with E-state index in [4.69, 9.17) is 15.2 Å². The number of aromatic nitrogens is 4. The number of ether oxygens (including phenoxy) is 2. The molecule has 23 heavy (non-hydrogen) atoms. The van der Waals surface area contributed by atoms with Crippen LogP contribution in [0.2, 0.25) is 0 Å². The highest BCUT2D eigenvalue weighted by molar-refractivity contribution is 7.80. The molecule has 3 heterocycles. The van der Waals surface area contributed by atoms with Crippen LogP contribution in [0.25, 0.3) is 11.2 Å². The second kappa shape index (κ2) is 6.60. The Morgan fingerprint density at radius 3 is 2.87 bits per heavy atom. The molecule has 126 valence electrons. The number of fused-ring (bicyclic) bond motifs is 1. The molecule has 3 N–H and O–H groups in total. The van der Waals surface area contributed by atoms with Crippen LogP contribution < -0.4 is 5.73 Å². The zero-order valence-corrected chi connectivity index (χ0v) is 14.0. The second-order valence-corrected chi connectivity index (χ2v) is 5.71. The molecule has 2 aromatic rings. The summed E-state index contributed by atoms with van der Waals surface area (Å²) in [6.07, 6.45) is -0.171. The number of imidazole rings is 1. The quantitative estimate of drug-likeness (QED) is 0.683. The van der Waals surface area contributed by atoms with E-state index < -0.39 is 24.5 Å². The molecule has 3 rings (SSSR count). The van der Waals surface area contributed by atoms with Crippen molar-refractivity contribution < 1.29 is 14.6 Å². The van der Waals surface area contributed by atoms with Gasteiger partial charge in [-0.25, -0.2) is 15.0 Å². The Morgan fingerprint density at radius 2 is 2.22 bits per heavy atom. The fourth-order valence-corrected chi connectivity index (χ4v) is 3.24. The summed E-state index contributed by atoms with van der Waals surface area (Å²) in [5, 5.41) is 10.4. The van der Waals surface area contributed by atoms with Crippen LogP contribution in [0.1, 0.15) is 25.9 Å². The molecule has 1 fully saturated rings. The summed E-state index contributed by atoms with van der Waals surface area (Å²) in [5.74, 6) is 1.47. The van der Waals surface area contributed by atoms with Crippen LogP contribution in [-0.2, 0) is 15.9 Å².